The molecule has 2 N–H and O–H groups in total. The first kappa shape index (κ1) is 14.9. The van der Waals surface area contributed by atoms with E-state index in [2.05, 4.69) is 61.0 Å². The molecular weight excluding hydrogens is 246 g/mol. The van der Waals surface area contributed by atoms with Gasteiger partial charge >= 0.3 is 0 Å². The van der Waals surface area contributed by atoms with Gasteiger partial charge < -0.3 is 10.6 Å². The van der Waals surface area contributed by atoms with E-state index in [0.717, 1.165) is 25.9 Å². The predicted molar refractivity (Wildman–Crippen MR) is 85.6 cm³/mol. The first-order valence-electron chi connectivity index (χ1n) is 7.72. The highest BCUT2D eigenvalue weighted by atomic mass is 15.4. The van der Waals surface area contributed by atoms with Crippen LogP contribution in [0.5, 0.6) is 0 Å². The van der Waals surface area contributed by atoms with Crippen molar-refractivity contribution in [3.8, 4) is 0 Å². The van der Waals surface area contributed by atoms with E-state index in [1.54, 1.807) is 0 Å². The van der Waals surface area contributed by atoms with Crippen LogP contribution in [0.25, 0.3) is 0 Å². The minimum absolute atomic E-state index is 0.106. The smallest absolute Gasteiger partial charge is 0.192 e. The Morgan fingerprint density at radius 2 is 2.00 bits per heavy atom. The Labute approximate surface area is 122 Å². The number of nitrogens with zero attached hydrogens (tertiary/aromatic N) is 2. The van der Waals surface area contributed by atoms with E-state index in [4.69, 9.17) is 5.73 Å². The maximum atomic E-state index is 6.17. The van der Waals surface area contributed by atoms with Gasteiger partial charge in [0.15, 0.2) is 5.96 Å². The molecule has 2 unspecified atom stereocenters. The summed E-state index contributed by atoms with van der Waals surface area (Å²) in [5, 5.41) is 0. The molecular formula is C17H27N3. The van der Waals surface area contributed by atoms with Crippen molar-refractivity contribution in [3.63, 3.8) is 0 Å². The van der Waals surface area contributed by atoms with Crippen LogP contribution in [0.4, 0.5) is 0 Å². The Kier molecular flexibility index (Phi) is 4.69. The molecule has 110 valence electrons. The maximum Gasteiger partial charge on any atom is 0.192 e. The number of nitrogens with two attached hydrogens (primary N) is 1. The molecule has 0 radical (unpaired) electrons. The number of aliphatic imine (C=N–C) groups is 1. The predicted octanol–water partition coefficient (Wildman–Crippen LogP) is 3.40. The lowest BCUT2D eigenvalue weighted by Crippen LogP contribution is -2.51. The average Bonchev–Trinajstić information content (AvgIpc) is 2.78. The number of hydrogen-bond acceptors (Lipinski definition) is 3. The zero-order valence-electron chi connectivity index (χ0n) is 13.0. The molecule has 0 aliphatic carbocycles. The van der Waals surface area contributed by atoms with E-state index in [1.165, 1.54) is 12.0 Å². The Balaban J connectivity index is 2.19. The fourth-order valence-corrected chi connectivity index (χ4v) is 3.07. The highest BCUT2D eigenvalue weighted by Crippen LogP contribution is 2.34. The molecule has 0 saturated heterocycles. The van der Waals surface area contributed by atoms with E-state index in [9.17, 15) is 0 Å². The fourth-order valence-electron chi connectivity index (χ4n) is 3.07. The van der Waals surface area contributed by atoms with Crippen molar-refractivity contribution in [2.24, 2.45) is 16.6 Å². The lowest BCUT2D eigenvalue weighted by Gasteiger charge is -2.40. The summed E-state index contributed by atoms with van der Waals surface area (Å²) in [6, 6.07) is 10.5. The summed E-state index contributed by atoms with van der Waals surface area (Å²) in [5.41, 5.74) is 7.58. The van der Waals surface area contributed by atoms with Crippen LogP contribution in [0.2, 0.25) is 0 Å². The van der Waals surface area contributed by atoms with Gasteiger partial charge in [-0.2, -0.15) is 0 Å². The zero-order chi connectivity index (χ0) is 14.6. The van der Waals surface area contributed by atoms with Gasteiger partial charge in [-0.25, -0.2) is 0 Å². The highest BCUT2D eigenvalue weighted by molar-refractivity contribution is 5.81. The molecule has 2 atom stereocenters. The van der Waals surface area contributed by atoms with Gasteiger partial charge in [0.25, 0.3) is 0 Å². The molecule has 3 heteroatoms. The average molecular weight is 273 g/mol. The molecule has 1 aromatic rings. The standard InChI is InChI=1S/C17H27N3/c1-4-14(3)11-17(5-2)13-19-16(18)20(17)12-15-9-7-6-8-10-15/h6-10,14H,4-5,11-13H2,1-3H3,(H2,18,19). The monoisotopic (exact) mass is 273 g/mol. The molecule has 0 saturated carbocycles. The van der Waals surface area contributed by atoms with Gasteiger partial charge in [-0.1, -0.05) is 57.5 Å². The van der Waals surface area contributed by atoms with Crippen molar-refractivity contribution in [1.82, 2.24) is 4.90 Å². The van der Waals surface area contributed by atoms with Gasteiger partial charge in [-0.15, -0.1) is 0 Å². The second-order valence-electron chi connectivity index (χ2n) is 6.04. The molecule has 1 aliphatic heterocycles. The Hall–Kier alpha value is -1.51. The fraction of sp³-hybridized carbons (Fsp3) is 0.588. The molecule has 0 bridgehead atoms. The molecule has 1 aliphatic rings. The van der Waals surface area contributed by atoms with Crippen LogP contribution in [0.1, 0.15) is 45.6 Å². The van der Waals surface area contributed by atoms with Crippen LogP contribution in [0.15, 0.2) is 35.3 Å². The molecule has 20 heavy (non-hydrogen) atoms. The van der Waals surface area contributed by atoms with Crippen LogP contribution < -0.4 is 5.73 Å². The molecule has 1 aromatic carbocycles. The van der Waals surface area contributed by atoms with Gasteiger partial charge in [0.05, 0.1) is 12.1 Å². The van der Waals surface area contributed by atoms with Crippen molar-refractivity contribution in [2.75, 3.05) is 6.54 Å². The minimum Gasteiger partial charge on any atom is -0.370 e. The lowest BCUT2D eigenvalue weighted by atomic mass is 9.83. The van der Waals surface area contributed by atoms with Crippen molar-refractivity contribution in [1.29, 1.82) is 0 Å². The van der Waals surface area contributed by atoms with Gasteiger partial charge in [-0.3, -0.25) is 4.99 Å². The normalized spacial score (nSPS) is 23.8. The molecule has 0 aromatic heterocycles. The number of rotatable bonds is 6. The number of hydrogen-bond donors (Lipinski definition) is 1. The second kappa shape index (κ2) is 6.29. The van der Waals surface area contributed by atoms with E-state index in [1.807, 2.05) is 0 Å². The van der Waals surface area contributed by atoms with Crippen LogP contribution in [-0.2, 0) is 6.54 Å². The first-order valence-corrected chi connectivity index (χ1v) is 7.72. The van der Waals surface area contributed by atoms with E-state index in [-0.39, 0.29) is 5.54 Å². The third-order valence-electron chi connectivity index (χ3n) is 4.65. The van der Waals surface area contributed by atoms with Crippen molar-refractivity contribution in [3.05, 3.63) is 35.9 Å². The van der Waals surface area contributed by atoms with Crippen molar-refractivity contribution >= 4 is 5.96 Å². The van der Waals surface area contributed by atoms with E-state index < -0.39 is 0 Å². The van der Waals surface area contributed by atoms with E-state index >= 15 is 0 Å². The molecule has 0 amide bonds. The minimum atomic E-state index is 0.106. The first-order chi connectivity index (χ1) is 9.61. The largest absolute Gasteiger partial charge is 0.370 e. The summed E-state index contributed by atoms with van der Waals surface area (Å²) in [6.45, 7) is 8.54. The van der Waals surface area contributed by atoms with Crippen LogP contribution in [0.3, 0.4) is 0 Å². The molecule has 0 spiro atoms. The lowest BCUT2D eigenvalue weighted by molar-refractivity contribution is 0.148. The zero-order valence-corrected chi connectivity index (χ0v) is 13.0. The van der Waals surface area contributed by atoms with Gasteiger partial charge in [0, 0.05) is 6.54 Å². The Morgan fingerprint density at radius 3 is 2.60 bits per heavy atom. The van der Waals surface area contributed by atoms with Crippen LogP contribution in [-0.4, -0.2) is 22.9 Å². The number of benzene rings is 1. The van der Waals surface area contributed by atoms with Crippen molar-refractivity contribution < 1.29 is 0 Å². The molecule has 1 heterocycles. The van der Waals surface area contributed by atoms with E-state index in [0.29, 0.717) is 11.9 Å². The topological polar surface area (TPSA) is 41.6 Å². The maximum absolute atomic E-state index is 6.17. The Bertz CT molecular complexity index is 455. The third kappa shape index (κ3) is 2.97. The summed E-state index contributed by atoms with van der Waals surface area (Å²) in [4.78, 5) is 6.87. The summed E-state index contributed by atoms with van der Waals surface area (Å²) in [6.07, 6.45) is 3.46. The van der Waals surface area contributed by atoms with Gasteiger partial charge in [0.1, 0.15) is 0 Å². The van der Waals surface area contributed by atoms with Crippen LogP contribution >= 0.6 is 0 Å². The quantitative estimate of drug-likeness (QED) is 0.863. The summed E-state index contributed by atoms with van der Waals surface area (Å²) < 4.78 is 0. The highest BCUT2D eigenvalue weighted by Gasteiger charge is 2.41. The number of guanidine groups is 1. The molecule has 3 nitrogen and oxygen atoms in total. The Morgan fingerprint density at radius 1 is 1.30 bits per heavy atom. The third-order valence-corrected chi connectivity index (χ3v) is 4.65. The van der Waals surface area contributed by atoms with Crippen molar-refractivity contribution in [2.45, 2.75) is 52.1 Å². The summed E-state index contributed by atoms with van der Waals surface area (Å²) in [7, 11) is 0. The SMILES string of the molecule is CCC(C)CC1(CC)CN=C(N)N1Cc1ccccc1. The summed E-state index contributed by atoms with van der Waals surface area (Å²) in [5.74, 6) is 1.41. The van der Waals surface area contributed by atoms with Gasteiger partial charge in [0.2, 0.25) is 0 Å². The van der Waals surface area contributed by atoms with Gasteiger partial charge in [-0.05, 0) is 24.3 Å². The summed E-state index contributed by atoms with van der Waals surface area (Å²) >= 11 is 0. The second-order valence-corrected chi connectivity index (χ2v) is 6.04. The van der Waals surface area contributed by atoms with Crippen LogP contribution in [0, 0.1) is 5.92 Å². The molecule has 0 fully saturated rings. The molecule has 2 rings (SSSR count).